The third-order valence-corrected chi connectivity index (χ3v) is 2.87. The lowest BCUT2D eigenvalue weighted by atomic mass is 10.2. The van der Waals surface area contributed by atoms with Gasteiger partial charge in [-0.1, -0.05) is 11.6 Å². The zero-order valence-corrected chi connectivity index (χ0v) is 11.1. The smallest absolute Gasteiger partial charge is 0.323 e. The fourth-order valence-corrected chi connectivity index (χ4v) is 1.69. The molecule has 4 nitrogen and oxygen atoms in total. The van der Waals surface area contributed by atoms with Crippen molar-refractivity contribution in [1.29, 1.82) is 0 Å². The molecule has 0 saturated carbocycles. The standard InChI is InChI=1S/C13H9ClF3N3O/c14-7-5-6(1-3-9(7)18)19-13(21)20-10-4-2-8(15)11(16)12(10)17/h1-5H,18H2,(H2,19,20,21). The molecule has 0 heterocycles. The van der Waals surface area contributed by atoms with Crippen molar-refractivity contribution in [2.24, 2.45) is 0 Å². The van der Waals surface area contributed by atoms with Gasteiger partial charge in [-0.2, -0.15) is 0 Å². The van der Waals surface area contributed by atoms with Gasteiger partial charge in [0.05, 0.1) is 16.4 Å². The molecule has 0 unspecified atom stereocenters. The van der Waals surface area contributed by atoms with E-state index in [-0.39, 0.29) is 5.02 Å². The van der Waals surface area contributed by atoms with Crippen LogP contribution in [0.3, 0.4) is 0 Å². The van der Waals surface area contributed by atoms with Crippen molar-refractivity contribution >= 4 is 34.7 Å². The molecule has 0 fully saturated rings. The van der Waals surface area contributed by atoms with E-state index in [1.807, 2.05) is 0 Å². The summed E-state index contributed by atoms with van der Waals surface area (Å²) in [5.41, 5.74) is 5.64. The SMILES string of the molecule is Nc1ccc(NC(=O)Nc2ccc(F)c(F)c2F)cc1Cl. The van der Waals surface area contributed by atoms with Crippen LogP contribution in [-0.2, 0) is 0 Å². The molecule has 8 heteroatoms. The minimum absolute atomic E-state index is 0.229. The van der Waals surface area contributed by atoms with Gasteiger partial charge in [0.2, 0.25) is 0 Å². The molecule has 2 amide bonds. The van der Waals surface area contributed by atoms with E-state index < -0.39 is 29.2 Å². The van der Waals surface area contributed by atoms with Crippen LogP contribution in [0.15, 0.2) is 30.3 Å². The van der Waals surface area contributed by atoms with Crippen LogP contribution < -0.4 is 16.4 Å². The molecule has 0 aliphatic rings. The monoisotopic (exact) mass is 315 g/mol. The van der Waals surface area contributed by atoms with Crippen LogP contribution in [0.25, 0.3) is 0 Å². The molecule has 2 aromatic rings. The van der Waals surface area contributed by atoms with Crippen LogP contribution in [0.2, 0.25) is 5.02 Å². The molecule has 2 aromatic carbocycles. The Kier molecular flexibility index (Phi) is 4.23. The van der Waals surface area contributed by atoms with E-state index in [1.54, 1.807) is 0 Å². The zero-order chi connectivity index (χ0) is 15.6. The Hall–Kier alpha value is -2.41. The first-order chi connectivity index (χ1) is 9.88. The van der Waals surface area contributed by atoms with E-state index in [0.717, 1.165) is 6.07 Å². The van der Waals surface area contributed by atoms with Gasteiger partial charge in [-0.05, 0) is 30.3 Å². The van der Waals surface area contributed by atoms with Gasteiger partial charge in [0.1, 0.15) is 0 Å². The first-order valence-corrected chi connectivity index (χ1v) is 6.03. The molecule has 0 aromatic heterocycles. The summed E-state index contributed by atoms with van der Waals surface area (Å²) in [6, 6.07) is 5.09. The number of benzene rings is 2. The van der Waals surface area contributed by atoms with E-state index >= 15 is 0 Å². The highest BCUT2D eigenvalue weighted by Crippen LogP contribution is 2.23. The van der Waals surface area contributed by atoms with Crippen molar-refractivity contribution in [1.82, 2.24) is 0 Å². The molecule has 21 heavy (non-hydrogen) atoms. The summed E-state index contributed by atoms with van der Waals surface area (Å²) in [6.45, 7) is 0. The highest BCUT2D eigenvalue weighted by atomic mass is 35.5. The molecule has 110 valence electrons. The van der Waals surface area contributed by atoms with E-state index in [1.165, 1.54) is 18.2 Å². The maximum atomic E-state index is 13.4. The highest BCUT2D eigenvalue weighted by Gasteiger charge is 2.15. The number of carbonyl (C=O) groups excluding carboxylic acids is 1. The van der Waals surface area contributed by atoms with Gasteiger partial charge in [0, 0.05) is 5.69 Å². The van der Waals surface area contributed by atoms with Crippen molar-refractivity contribution in [3.8, 4) is 0 Å². The number of nitrogens with two attached hydrogens (primary N) is 1. The van der Waals surface area contributed by atoms with Crippen molar-refractivity contribution in [2.45, 2.75) is 0 Å². The van der Waals surface area contributed by atoms with Gasteiger partial charge in [0.25, 0.3) is 0 Å². The van der Waals surface area contributed by atoms with Crippen molar-refractivity contribution in [2.75, 3.05) is 16.4 Å². The molecule has 0 bridgehead atoms. The van der Waals surface area contributed by atoms with E-state index in [9.17, 15) is 18.0 Å². The number of hydrogen-bond donors (Lipinski definition) is 3. The molecule has 0 atom stereocenters. The number of halogens is 4. The Bertz CT molecular complexity index is 709. The second-order valence-corrected chi connectivity index (χ2v) is 4.45. The Morgan fingerprint density at radius 2 is 1.76 bits per heavy atom. The third kappa shape index (κ3) is 3.38. The molecule has 0 aliphatic carbocycles. The average Bonchev–Trinajstić information content (AvgIpc) is 2.44. The summed E-state index contributed by atoms with van der Waals surface area (Å²) in [6.07, 6.45) is 0. The number of hydrogen-bond acceptors (Lipinski definition) is 2. The van der Waals surface area contributed by atoms with Crippen LogP contribution >= 0.6 is 11.6 Å². The van der Waals surface area contributed by atoms with Gasteiger partial charge < -0.3 is 16.4 Å². The molecule has 0 spiro atoms. The van der Waals surface area contributed by atoms with Gasteiger partial charge in [-0.3, -0.25) is 0 Å². The van der Waals surface area contributed by atoms with Crippen molar-refractivity contribution in [3.05, 3.63) is 52.8 Å². The van der Waals surface area contributed by atoms with Crippen LogP contribution in [-0.4, -0.2) is 6.03 Å². The fraction of sp³-hybridized carbons (Fsp3) is 0. The Balaban J connectivity index is 2.12. The normalized spacial score (nSPS) is 10.3. The number of amides is 2. The summed E-state index contributed by atoms with van der Waals surface area (Å²) >= 11 is 5.77. The van der Waals surface area contributed by atoms with Gasteiger partial charge in [-0.25, -0.2) is 18.0 Å². The van der Waals surface area contributed by atoms with Crippen LogP contribution in [0.1, 0.15) is 0 Å². The molecular weight excluding hydrogens is 307 g/mol. The minimum Gasteiger partial charge on any atom is -0.398 e. The molecule has 4 N–H and O–H groups in total. The molecule has 0 aliphatic heterocycles. The number of carbonyl (C=O) groups is 1. The highest BCUT2D eigenvalue weighted by molar-refractivity contribution is 6.33. The molecule has 0 saturated heterocycles. The van der Waals surface area contributed by atoms with Crippen LogP contribution in [0.4, 0.5) is 35.0 Å². The van der Waals surface area contributed by atoms with E-state index in [4.69, 9.17) is 17.3 Å². The Labute approximate surface area is 122 Å². The number of rotatable bonds is 2. The van der Waals surface area contributed by atoms with Crippen LogP contribution in [0.5, 0.6) is 0 Å². The second-order valence-electron chi connectivity index (χ2n) is 4.04. The minimum atomic E-state index is -1.66. The summed E-state index contributed by atoms with van der Waals surface area (Å²) in [4.78, 5) is 11.6. The number of anilines is 3. The molecular formula is C13H9ClF3N3O. The fourth-order valence-electron chi connectivity index (χ4n) is 1.51. The molecule has 0 radical (unpaired) electrons. The summed E-state index contributed by atoms with van der Waals surface area (Å²) in [5.74, 6) is -4.49. The predicted octanol–water partition coefficient (Wildman–Crippen LogP) is 3.98. The van der Waals surface area contributed by atoms with Crippen molar-refractivity contribution < 1.29 is 18.0 Å². The zero-order valence-electron chi connectivity index (χ0n) is 10.4. The first kappa shape index (κ1) is 15.0. The average molecular weight is 316 g/mol. The predicted molar refractivity (Wildman–Crippen MR) is 74.8 cm³/mol. The number of nitrogen functional groups attached to an aromatic ring is 1. The Morgan fingerprint density at radius 3 is 2.43 bits per heavy atom. The summed E-state index contributed by atoms with van der Waals surface area (Å²) in [7, 11) is 0. The second kappa shape index (κ2) is 5.92. The quantitative estimate of drug-likeness (QED) is 0.579. The third-order valence-electron chi connectivity index (χ3n) is 2.54. The largest absolute Gasteiger partial charge is 0.398 e. The number of nitrogens with one attached hydrogen (secondary N) is 2. The van der Waals surface area contributed by atoms with Gasteiger partial charge >= 0.3 is 6.03 Å². The van der Waals surface area contributed by atoms with E-state index in [0.29, 0.717) is 17.4 Å². The lowest BCUT2D eigenvalue weighted by molar-refractivity contribution is 0.262. The first-order valence-electron chi connectivity index (χ1n) is 5.65. The van der Waals surface area contributed by atoms with Crippen molar-refractivity contribution in [3.63, 3.8) is 0 Å². The maximum absolute atomic E-state index is 13.4. The number of urea groups is 1. The topological polar surface area (TPSA) is 67.1 Å². The lowest BCUT2D eigenvalue weighted by Gasteiger charge is -2.09. The maximum Gasteiger partial charge on any atom is 0.323 e. The van der Waals surface area contributed by atoms with Gasteiger partial charge in [0.15, 0.2) is 17.5 Å². The van der Waals surface area contributed by atoms with E-state index in [2.05, 4.69) is 10.6 Å². The van der Waals surface area contributed by atoms with Crippen LogP contribution in [0, 0.1) is 17.5 Å². The Morgan fingerprint density at radius 1 is 1.05 bits per heavy atom. The van der Waals surface area contributed by atoms with Gasteiger partial charge in [-0.15, -0.1) is 0 Å². The lowest BCUT2D eigenvalue weighted by Crippen LogP contribution is -2.20. The molecule has 2 rings (SSSR count). The summed E-state index contributed by atoms with van der Waals surface area (Å²) < 4.78 is 39.2. The summed E-state index contributed by atoms with van der Waals surface area (Å²) in [5, 5.41) is 4.63.